The summed E-state index contributed by atoms with van der Waals surface area (Å²) in [6, 6.07) is 0. The smallest absolute Gasteiger partial charge is 0.306 e. The van der Waals surface area contributed by atoms with Crippen LogP contribution in [0, 0.1) is 5.92 Å². The number of aliphatic hydroxyl groups is 30. The van der Waals surface area contributed by atoms with E-state index in [2.05, 4.69) is 13.8 Å². The number of hydrogen-bond acceptors (Lipinski definition) is 31. The van der Waals surface area contributed by atoms with E-state index in [1.807, 2.05) is 0 Å². The van der Waals surface area contributed by atoms with Crippen molar-refractivity contribution < 1.29 is 163 Å². The zero-order valence-electron chi connectivity index (χ0n) is 50.0. The SMILES string of the molecule is CCCCCCCCCCCCC(CCCCCCCC)C(=O)O.OCC(O)CO.OCC(O)CO.OCC(O)CO.OCC(O)CO.OCC(O)CO.OCC(O)CO.OCC(O)CO.OCC(O)CO.OCC(O)CO.OCC(O)CO. The second-order valence-corrected chi connectivity index (χ2v) is 17.8. The van der Waals surface area contributed by atoms with Crippen LogP contribution in [0.15, 0.2) is 0 Å². The van der Waals surface area contributed by atoms with Gasteiger partial charge in [-0.1, -0.05) is 117 Å². The van der Waals surface area contributed by atoms with Crippen molar-refractivity contribution in [3.63, 3.8) is 0 Å². The second-order valence-electron chi connectivity index (χ2n) is 17.8. The van der Waals surface area contributed by atoms with Crippen LogP contribution in [0.5, 0.6) is 0 Å². The average molecular weight is 1260 g/mol. The third-order valence-electron chi connectivity index (χ3n) is 9.38. The van der Waals surface area contributed by atoms with Gasteiger partial charge in [0.2, 0.25) is 0 Å². The Hall–Kier alpha value is -1.73. The van der Waals surface area contributed by atoms with E-state index < -0.39 is 67.0 Å². The Kier molecular flexibility index (Phi) is 128. The third-order valence-corrected chi connectivity index (χ3v) is 9.38. The summed E-state index contributed by atoms with van der Waals surface area (Å²) in [5, 5.41) is 250. The lowest BCUT2D eigenvalue weighted by Crippen LogP contribution is -2.15. The summed E-state index contributed by atoms with van der Waals surface area (Å²) in [7, 11) is 0. The van der Waals surface area contributed by atoms with Crippen LogP contribution in [0.1, 0.15) is 129 Å². The van der Waals surface area contributed by atoms with Crippen LogP contribution in [0.3, 0.4) is 0 Å². The molecule has 1 unspecified atom stereocenters. The molecule has 0 fully saturated rings. The summed E-state index contributed by atoms with van der Waals surface area (Å²) in [6.45, 7) is -2.80. The van der Waals surface area contributed by atoms with Gasteiger partial charge in [0.25, 0.3) is 0 Å². The molecule has 0 aliphatic rings. The first-order chi connectivity index (χ1) is 39.8. The van der Waals surface area contributed by atoms with Gasteiger partial charge in [0.1, 0.15) is 61.0 Å². The first-order valence-corrected chi connectivity index (χ1v) is 28.0. The summed E-state index contributed by atoms with van der Waals surface area (Å²) >= 11 is 0. The third kappa shape index (κ3) is 130. The average Bonchev–Trinajstić information content (AvgIpc) is 3.54. The van der Waals surface area contributed by atoms with Gasteiger partial charge in [-0.05, 0) is 12.8 Å². The highest BCUT2D eigenvalue weighted by atomic mass is 16.4. The van der Waals surface area contributed by atoms with Gasteiger partial charge < -0.3 is 158 Å². The highest BCUT2D eigenvalue weighted by molar-refractivity contribution is 5.69. The molecule has 0 aromatic carbocycles. The standard InChI is InChI=1S/C22H44O2.10C3H8O3/c1-3-5-7-9-11-12-13-14-16-18-20-21(22(23)24)19-17-15-10-8-6-4-2;10*4-1-3(6)2-5/h21H,3-20H2,1-2H3,(H,23,24);10*3-6H,1-2H2. The Bertz CT molecular complexity index is 836. The summed E-state index contributed by atoms with van der Waals surface area (Å²) in [5.74, 6) is -0.662. The van der Waals surface area contributed by atoms with E-state index >= 15 is 0 Å². The zero-order chi connectivity index (χ0) is 67.8. The number of aliphatic hydroxyl groups excluding tert-OH is 30. The van der Waals surface area contributed by atoms with Crippen molar-refractivity contribution >= 4 is 5.97 Å². The zero-order valence-corrected chi connectivity index (χ0v) is 50.0. The number of carboxylic acids is 1. The number of rotatable bonds is 39. The molecule has 0 aliphatic heterocycles. The summed E-state index contributed by atoms with van der Waals surface area (Å²) < 4.78 is 0. The molecule has 0 spiro atoms. The number of carboxylic acid groups (broad SMARTS) is 1. The van der Waals surface area contributed by atoms with Crippen LogP contribution in [-0.2, 0) is 4.79 Å². The quantitative estimate of drug-likeness (QED) is 0.0254. The molecule has 524 valence electrons. The van der Waals surface area contributed by atoms with Gasteiger partial charge >= 0.3 is 5.97 Å². The first-order valence-electron chi connectivity index (χ1n) is 28.0. The van der Waals surface area contributed by atoms with Crippen LogP contribution in [0.2, 0.25) is 0 Å². The van der Waals surface area contributed by atoms with E-state index in [0.29, 0.717) is 0 Å². The molecule has 0 saturated carbocycles. The molecule has 0 rings (SSSR count). The lowest BCUT2D eigenvalue weighted by Gasteiger charge is -2.12. The van der Waals surface area contributed by atoms with Crippen molar-refractivity contribution in [3.8, 4) is 0 Å². The van der Waals surface area contributed by atoms with E-state index in [0.717, 1.165) is 25.7 Å². The van der Waals surface area contributed by atoms with Gasteiger partial charge in [-0.3, -0.25) is 4.79 Å². The van der Waals surface area contributed by atoms with Gasteiger partial charge in [-0.2, -0.15) is 0 Å². The van der Waals surface area contributed by atoms with Crippen molar-refractivity contribution in [2.45, 2.75) is 190 Å². The number of unbranched alkanes of at least 4 members (excludes halogenated alkanes) is 14. The lowest BCUT2D eigenvalue weighted by molar-refractivity contribution is -0.142. The van der Waals surface area contributed by atoms with Crippen LogP contribution in [0.4, 0.5) is 0 Å². The van der Waals surface area contributed by atoms with E-state index in [-0.39, 0.29) is 138 Å². The molecule has 0 aromatic rings. The highest BCUT2D eigenvalue weighted by Gasteiger charge is 2.16. The Balaban J connectivity index is -0.0000000831. The molecule has 0 aromatic heterocycles. The van der Waals surface area contributed by atoms with Crippen molar-refractivity contribution in [3.05, 3.63) is 0 Å². The van der Waals surface area contributed by atoms with Crippen molar-refractivity contribution in [1.29, 1.82) is 0 Å². The molecule has 32 nitrogen and oxygen atoms in total. The maximum absolute atomic E-state index is 11.4. The fourth-order valence-corrected chi connectivity index (χ4v) is 4.02. The molecular formula is C52H124O32. The normalized spacial score (nSPS) is 10.7. The van der Waals surface area contributed by atoms with Gasteiger partial charge in [-0.15, -0.1) is 0 Å². The molecule has 32 heteroatoms. The van der Waals surface area contributed by atoms with Crippen molar-refractivity contribution in [2.75, 3.05) is 132 Å². The topological polar surface area (TPSA) is 644 Å². The Morgan fingerprint density at radius 3 is 0.405 bits per heavy atom. The number of hydrogen-bond donors (Lipinski definition) is 31. The van der Waals surface area contributed by atoms with Gasteiger partial charge in [0.15, 0.2) is 0 Å². The largest absolute Gasteiger partial charge is 0.481 e. The monoisotopic (exact) mass is 1260 g/mol. The van der Waals surface area contributed by atoms with Crippen molar-refractivity contribution in [1.82, 2.24) is 0 Å². The fraction of sp³-hybridized carbons (Fsp3) is 0.981. The summed E-state index contributed by atoms with van der Waals surface area (Å²) in [6.07, 6.45) is 12.9. The maximum Gasteiger partial charge on any atom is 0.306 e. The Morgan fingerprint density at radius 2 is 0.321 bits per heavy atom. The molecule has 0 heterocycles. The minimum atomic E-state index is -0.954. The molecule has 0 aliphatic carbocycles. The fourth-order valence-electron chi connectivity index (χ4n) is 4.02. The van der Waals surface area contributed by atoms with E-state index in [4.69, 9.17) is 153 Å². The number of aliphatic carboxylic acids is 1. The van der Waals surface area contributed by atoms with Crippen LogP contribution >= 0.6 is 0 Å². The minimum Gasteiger partial charge on any atom is -0.481 e. The predicted molar refractivity (Wildman–Crippen MR) is 307 cm³/mol. The Morgan fingerprint density at radius 1 is 0.214 bits per heavy atom. The van der Waals surface area contributed by atoms with E-state index in [1.54, 1.807) is 0 Å². The molecule has 84 heavy (non-hydrogen) atoms. The highest BCUT2D eigenvalue weighted by Crippen LogP contribution is 2.20. The molecule has 1 atom stereocenters. The van der Waals surface area contributed by atoms with Gasteiger partial charge in [0.05, 0.1) is 138 Å². The Labute approximate surface area is 496 Å². The lowest BCUT2D eigenvalue weighted by atomic mass is 9.94. The summed E-state index contributed by atoms with van der Waals surface area (Å²) in [4.78, 5) is 11.4. The van der Waals surface area contributed by atoms with Crippen LogP contribution in [0.25, 0.3) is 0 Å². The van der Waals surface area contributed by atoms with Crippen LogP contribution < -0.4 is 0 Å². The molecule has 0 radical (unpaired) electrons. The molecule has 0 bridgehead atoms. The molecule has 0 amide bonds. The first kappa shape index (κ1) is 107. The minimum absolute atomic E-state index is 0.0924. The maximum atomic E-state index is 11.4. The number of carbonyl (C=O) groups is 1. The second kappa shape index (κ2) is 100. The van der Waals surface area contributed by atoms with E-state index in [1.165, 1.54) is 89.9 Å². The van der Waals surface area contributed by atoms with Crippen LogP contribution in [-0.4, -0.2) is 357 Å². The molecular weight excluding hydrogens is 1140 g/mol. The summed E-state index contributed by atoms with van der Waals surface area (Å²) in [5.41, 5.74) is 0. The molecule has 31 N–H and O–H groups in total. The van der Waals surface area contributed by atoms with E-state index in [9.17, 15) is 9.90 Å². The van der Waals surface area contributed by atoms with Gasteiger partial charge in [0, 0.05) is 0 Å². The predicted octanol–water partition coefficient (Wildman–Crippen LogP) is -8.93. The van der Waals surface area contributed by atoms with Gasteiger partial charge in [-0.25, -0.2) is 0 Å². The molecule has 0 saturated heterocycles. The van der Waals surface area contributed by atoms with Crippen molar-refractivity contribution in [2.24, 2.45) is 5.92 Å².